The van der Waals surface area contributed by atoms with Gasteiger partial charge in [-0.2, -0.15) is 0 Å². The van der Waals surface area contributed by atoms with Gasteiger partial charge in [-0.3, -0.25) is 0 Å². The third kappa shape index (κ3) is 2.95. The van der Waals surface area contributed by atoms with Crippen LogP contribution in [-0.2, 0) is 0 Å². The Bertz CT molecular complexity index is 554. The summed E-state index contributed by atoms with van der Waals surface area (Å²) < 4.78 is 2.39. The molecule has 2 aromatic carbocycles. The van der Waals surface area contributed by atoms with Crippen molar-refractivity contribution in [2.24, 2.45) is 0 Å². The SMILES string of the molecule is CNC(c1ccccc1C)c1cc(I)ccc1Br. The standard InChI is InChI=1S/C15H15BrIN/c1-10-5-3-4-6-12(10)15(18-2)13-9-11(17)7-8-14(13)16/h3-9,15,18H,1-2H3. The van der Waals surface area contributed by atoms with Gasteiger partial charge in [0.2, 0.25) is 0 Å². The van der Waals surface area contributed by atoms with Crippen molar-refractivity contribution in [3.63, 3.8) is 0 Å². The zero-order chi connectivity index (χ0) is 13.1. The molecule has 1 nitrogen and oxygen atoms in total. The molecule has 0 saturated carbocycles. The van der Waals surface area contributed by atoms with Crippen LogP contribution >= 0.6 is 38.5 Å². The van der Waals surface area contributed by atoms with Crippen molar-refractivity contribution in [2.75, 3.05) is 7.05 Å². The molecule has 0 aliphatic carbocycles. The minimum absolute atomic E-state index is 0.218. The van der Waals surface area contributed by atoms with Gasteiger partial charge in [0.15, 0.2) is 0 Å². The fourth-order valence-corrected chi connectivity index (χ4v) is 3.12. The summed E-state index contributed by atoms with van der Waals surface area (Å²) in [5.74, 6) is 0. The number of benzene rings is 2. The molecule has 18 heavy (non-hydrogen) atoms. The smallest absolute Gasteiger partial charge is 0.0588 e. The van der Waals surface area contributed by atoms with E-state index in [9.17, 15) is 0 Å². The van der Waals surface area contributed by atoms with E-state index >= 15 is 0 Å². The van der Waals surface area contributed by atoms with Crippen LogP contribution in [0.15, 0.2) is 46.9 Å². The Morgan fingerprint density at radius 3 is 2.50 bits per heavy atom. The summed E-state index contributed by atoms with van der Waals surface area (Å²) in [5.41, 5.74) is 3.91. The summed E-state index contributed by atoms with van der Waals surface area (Å²) in [6.45, 7) is 2.15. The van der Waals surface area contributed by atoms with Gasteiger partial charge in [0.1, 0.15) is 0 Å². The van der Waals surface area contributed by atoms with E-state index in [1.807, 2.05) is 7.05 Å². The quantitative estimate of drug-likeness (QED) is 0.718. The molecular weight excluding hydrogens is 401 g/mol. The largest absolute Gasteiger partial charge is 0.309 e. The van der Waals surface area contributed by atoms with Crippen LogP contribution in [0, 0.1) is 10.5 Å². The Labute approximate surface area is 130 Å². The molecule has 1 unspecified atom stereocenters. The molecule has 2 aromatic rings. The summed E-state index contributed by atoms with van der Waals surface area (Å²) in [4.78, 5) is 0. The summed E-state index contributed by atoms with van der Waals surface area (Å²) >= 11 is 6.00. The molecule has 1 atom stereocenters. The number of hydrogen-bond acceptors (Lipinski definition) is 1. The molecule has 1 N–H and O–H groups in total. The van der Waals surface area contributed by atoms with E-state index in [0.717, 1.165) is 4.47 Å². The zero-order valence-electron chi connectivity index (χ0n) is 10.4. The van der Waals surface area contributed by atoms with Crippen molar-refractivity contribution in [1.29, 1.82) is 0 Å². The molecule has 0 radical (unpaired) electrons. The molecule has 94 valence electrons. The van der Waals surface area contributed by atoms with Gasteiger partial charge in [-0.1, -0.05) is 40.2 Å². The first kappa shape index (κ1) is 14.0. The van der Waals surface area contributed by atoms with Gasteiger partial charge >= 0.3 is 0 Å². The molecule has 0 heterocycles. The van der Waals surface area contributed by atoms with Crippen molar-refractivity contribution in [3.8, 4) is 0 Å². The molecule has 0 fully saturated rings. The first-order chi connectivity index (χ1) is 8.63. The van der Waals surface area contributed by atoms with Crippen LogP contribution in [0.2, 0.25) is 0 Å². The van der Waals surface area contributed by atoms with Crippen LogP contribution in [0.3, 0.4) is 0 Å². The minimum Gasteiger partial charge on any atom is -0.309 e. The van der Waals surface area contributed by atoms with Crippen molar-refractivity contribution in [3.05, 3.63) is 67.2 Å². The van der Waals surface area contributed by atoms with Gasteiger partial charge in [0.05, 0.1) is 6.04 Å². The lowest BCUT2D eigenvalue weighted by Gasteiger charge is -2.21. The van der Waals surface area contributed by atoms with Crippen LogP contribution in [0.4, 0.5) is 0 Å². The van der Waals surface area contributed by atoms with Crippen LogP contribution < -0.4 is 5.32 Å². The van der Waals surface area contributed by atoms with E-state index in [-0.39, 0.29) is 6.04 Å². The summed E-state index contributed by atoms with van der Waals surface area (Å²) in [6.07, 6.45) is 0. The summed E-state index contributed by atoms with van der Waals surface area (Å²) in [5, 5.41) is 3.41. The predicted octanol–water partition coefficient (Wildman–Crippen LogP) is 4.67. The number of aryl methyl sites for hydroxylation is 1. The lowest BCUT2D eigenvalue weighted by Crippen LogP contribution is -2.19. The first-order valence-electron chi connectivity index (χ1n) is 5.81. The van der Waals surface area contributed by atoms with Gasteiger partial charge in [-0.25, -0.2) is 0 Å². The van der Waals surface area contributed by atoms with Crippen molar-refractivity contribution in [1.82, 2.24) is 5.32 Å². The minimum atomic E-state index is 0.218. The fraction of sp³-hybridized carbons (Fsp3) is 0.200. The van der Waals surface area contributed by atoms with Crippen LogP contribution in [-0.4, -0.2) is 7.05 Å². The highest BCUT2D eigenvalue weighted by Crippen LogP contribution is 2.31. The second-order valence-corrected chi connectivity index (χ2v) is 6.34. The van der Waals surface area contributed by atoms with Crippen molar-refractivity contribution < 1.29 is 0 Å². The maximum Gasteiger partial charge on any atom is 0.0588 e. The normalized spacial score (nSPS) is 12.4. The Balaban J connectivity index is 2.52. The Kier molecular flexibility index (Phi) is 4.81. The summed E-state index contributed by atoms with van der Waals surface area (Å²) in [6, 6.07) is 15.2. The van der Waals surface area contributed by atoms with E-state index in [1.54, 1.807) is 0 Å². The lowest BCUT2D eigenvalue weighted by molar-refractivity contribution is 0.684. The zero-order valence-corrected chi connectivity index (χ0v) is 14.1. The van der Waals surface area contributed by atoms with Crippen LogP contribution in [0.5, 0.6) is 0 Å². The monoisotopic (exact) mass is 415 g/mol. The molecule has 0 aliphatic heterocycles. The predicted molar refractivity (Wildman–Crippen MR) is 88.9 cm³/mol. The fourth-order valence-electron chi connectivity index (χ4n) is 2.13. The van der Waals surface area contributed by atoms with Crippen molar-refractivity contribution >= 4 is 38.5 Å². The molecule has 0 spiro atoms. The van der Waals surface area contributed by atoms with Crippen molar-refractivity contribution in [2.45, 2.75) is 13.0 Å². The average Bonchev–Trinajstić information content (AvgIpc) is 2.36. The van der Waals surface area contributed by atoms with Crippen LogP contribution in [0.1, 0.15) is 22.7 Å². The van der Waals surface area contributed by atoms with E-state index in [4.69, 9.17) is 0 Å². The number of hydrogen-bond donors (Lipinski definition) is 1. The van der Waals surface area contributed by atoms with Gasteiger partial charge in [0, 0.05) is 8.04 Å². The molecular formula is C15H15BrIN. The second-order valence-electron chi connectivity index (χ2n) is 4.24. The average molecular weight is 416 g/mol. The third-order valence-corrected chi connectivity index (χ3v) is 4.45. The van der Waals surface area contributed by atoms with Gasteiger partial charge in [0.25, 0.3) is 0 Å². The van der Waals surface area contributed by atoms with Gasteiger partial charge in [-0.05, 0) is 71.5 Å². The van der Waals surface area contributed by atoms with E-state index in [0.29, 0.717) is 0 Å². The Morgan fingerprint density at radius 2 is 1.83 bits per heavy atom. The Hall–Kier alpha value is -0.390. The topological polar surface area (TPSA) is 12.0 Å². The molecule has 0 saturated heterocycles. The van der Waals surface area contributed by atoms with Gasteiger partial charge in [-0.15, -0.1) is 0 Å². The Morgan fingerprint density at radius 1 is 1.11 bits per heavy atom. The first-order valence-corrected chi connectivity index (χ1v) is 7.68. The maximum absolute atomic E-state index is 3.65. The van der Waals surface area contributed by atoms with E-state index in [1.165, 1.54) is 20.3 Å². The number of rotatable bonds is 3. The maximum atomic E-state index is 3.65. The van der Waals surface area contributed by atoms with Crippen LogP contribution in [0.25, 0.3) is 0 Å². The molecule has 0 bridgehead atoms. The molecule has 3 heteroatoms. The highest BCUT2D eigenvalue weighted by Gasteiger charge is 2.16. The molecule has 2 rings (SSSR count). The lowest BCUT2D eigenvalue weighted by atomic mass is 9.95. The number of halogens is 2. The third-order valence-electron chi connectivity index (χ3n) is 3.06. The second kappa shape index (κ2) is 6.17. The van der Waals surface area contributed by atoms with E-state index < -0.39 is 0 Å². The molecule has 0 aromatic heterocycles. The molecule has 0 aliphatic rings. The van der Waals surface area contributed by atoms with Gasteiger partial charge < -0.3 is 5.32 Å². The molecule has 0 amide bonds. The number of nitrogens with one attached hydrogen (secondary N) is 1. The van der Waals surface area contributed by atoms with E-state index in [2.05, 4.69) is 93.2 Å². The summed E-state index contributed by atoms with van der Waals surface area (Å²) in [7, 11) is 2.00. The highest BCUT2D eigenvalue weighted by molar-refractivity contribution is 14.1. The highest BCUT2D eigenvalue weighted by atomic mass is 127.